The van der Waals surface area contributed by atoms with Crippen LogP contribution in [0.4, 0.5) is 11.1 Å². The molecule has 0 spiro atoms. The average molecular weight is 317 g/mol. The molecule has 0 bridgehead atoms. The van der Waals surface area contributed by atoms with Crippen molar-refractivity contribution in [2.24, 2.45) is 0 Å². The molecule has 3 rings (SSSR count). The number of hydrogen-bond acceptors (Lipinski definition) is 6. The summed E-state index contributed by atoms with van der Waals surface area (Å²) in [5.41, 5.74) is 0.890. The Kier molecular flexibility index (Phi) is 4.33. The number of aryl methyl sites for hydroxylation is 1. The highest BCUT2D eigenvalue weighted by atomic mass is 32.1. The maximum Gasteiger partial charge on any atom is 0.229 e. The fourth-order valence-corrected chi connectivity index (χ4v) is 3.40. The van der Waals surface area contributed by atoms with Crippen LogP contribution in [0.25, 0.3) is 0 Å². The predicted molar refractivity (Wildman–Crippen MR) is 86.1 cm³/mol. The molecule has 6 nitrogen and oxygen atoms in total. The second-order valence-electron chi connectivity index (χ2n) is 5.43. The van der Waals surface area contributed by atoms with E-state index in [0.717, 1.165) is 41.5 Å². The van der Waals surface area contributed by atoms with Crippen molar-refractivity contribution in [1.29, 1.82) is 0 Å². The van der Waals surface area contributed by atoms with E-state index < -0.39 is 0 Å². The highest BCUT2D eigenvalue weighted by Crippen LogP contribution is 2.30. The summed E-state index contributed by atoms with van der Waals surface area (Å²) in [7, 11) is 0. The summed E-state index contributed by atoms with van der Waals surface area (Å²) in [6, 6.07) is 1.94. The lowest BCUT2D eigenvalue weighted by atomic mass is 9.99. The van der Waals surface area contributed by atoms with Gasteiger partial charge in [-0.25, -0.2) is 15.0 Å². The van der Waals surface area contributed by atoms with Crippen LogP contribution < -0.4 is 5.32 Å². The summed E-state index contributed by atoms with van der Waals surface area (Å²) < 4.78 is 0. The van der Waals surface area contributed by atoms with E-state index in [1.165, 1.54) is 0 Å². The van der Waals surface area contributed by atoms with Crippen molar-refractivity contribution in [3.05, 3.63) is 29.0 Å². The first-order valence-corrected chi connectivity index (χ1v) is 8.25. The molecular weight excluding hydrogens is 298 g/mol. The number of carbonyl (C=O) groups excluding carboxylic acids is 1. The van der Waals surface area contributed by atoms with Gasteiger partial charge in [-0.3, -0.25) is 4.79 Å². The van der Waals surface area contributed by atoms with Gasteiger partial charge in [-0.05, 0) is 32.3 Å². The Morgan fingerprint density at radius 3 is 3.00 bits per heavy atom. The van der Waals surface area contributed by atoms with Crippen LogP contribution in [-0.2, 0) is 4.79 Å². The van der Waals surface area contributed by atoms with E-state index in [9.17, 15) is 4.79 Å². The van der Waals surface area contributed by atoms with E-state index in [1.54, 1.807) is 24.5 Å². The van der Waals surface area contributed by atoms with Gasteiger partial charge >= 0.3 is 0 Å². The zero-order chi connectivity index (χ0) is 15.5. The van der Waals surface area contributed by atoms with Crippen LogP contribution in [0.3, 0.4) is 0 Å². The zero-order valence-electron chi connectivity index (χ0n) is 12.7. The van der Waals surface area contributed by atoms with Gasteiger partial charge in [-0.2, -0.15) is 0 Å². The number of carbonyl (C=O) groups is 1. The highest BCUT2D eigenvalue weighted by Gasteiger charge is 2.27. The maximum absolute atomic E-state index is 11.8. The molecule has 1 atom stereocenters. The molecule has 1 fully saturated rings. The van der Waals surface area contributed by atoms with Crippen molar-refractivity contribution in [3.63, 3.8) is 0 Å². The Bertz CT molecular complexity index is 671. The minimum Gasteiger partial charge on any atom is -0.334 e. The van der Waals surface area contributed by atoms with Crippen molar-refractivity contribution in [3.8, 4) is 0 Å². The summed E-state index contributed by atoms with van der Waals surface area (Å²) in [5, 5.41) is 3.91. The topological polar surface area (TPSA) is 71.0 Å². The largest absolute Gasteiger partial charge is 0.334 e. The Morgan fingerprint density at radius 1 is 1.41 bits per heavy atom. The third-order valence-corrected chi connectivity index (χ3v) is 4.59. The molecule has 7 heteroatoms. The van der Waals surface area contributed by atoms with Gasteiger partial charge < -0.3 is 10.2 Å². The predicted octanol–water partition coefficient (Wildman–Crippen LogP) is 3.06. The molecular formula is C15H19N5OS. The Labute approximate surface area is 133 Å². The standard InChI is InChI=1S/C15H19N5OS/c1-10-9-17-15(22-10)19-14-16-7-6-12(18-14)13-5-3-4-8-20(13)11(2)21/h6-7,9,13H,3-5,8H2,1-2H3,(H,16,17,18,19). The first-order valence-electron chi connectivity index (χ1n) is 7.43. The summed E-state index contributed by atoms with van der Waals surface area (Å²) in [4.78, 5) is 28.0. The number of hydrogen-bond donors (Lipinski definition) is 1. The fourth-order valence-electron chi connectivity index (χ4n) is 2.74. The molecule has 1 amide bonds. The van der Waals surface area contributed by atoms with Gasteiger partial charge in [0.1, 0.15) is 0 Å². The summed E-state index contributed by atoms with van der Waals surface area (Å²) in [5.74, 6) is 0.634. The quantitative estimate of drug-likeness (QED) is 0.942. The molecule has 0 radical (unpaired) electrons. The van der Waals surface area contributed by atoms with Crippen molar-refractivity contribution >= 4 is 28.3 Å². The van der Waals surface area contributed by atoms with Crippen LogP contribution in [0.1, 0.15) is 42.8 Å². The molecule has 1 N–H and O–H groups in total. The first kappa shape index (κ1) is 14.9. The van der Waals surface area contributed by atoms with Crippen LogP contribution >= 0.6 is 11.3 Å². The third-order valence-electron chi connectivity index (χ3n) is 3.77. The fraction of sp³-hybridized carbons (Fsp3) is 0.467. The number of nitrogens with zero attached hydrogens (tertiary/aromatic N) is 4. The number of aromatic nitrogens is 3. The number of likely N-dealkylation sites (tertiary alicyclic amines) is 1. The van der Waals surface area contributed by atoms with Crippen molar-refractivity contribution < 1.29 is 4.79 Å². The Hall–Kier alpha value is -2.02. The van der Waals surface area contributed by atoms with E-state index in [-0.39, 0.29) is 11.9 Å². The normalized spacial score (nSPS) is 18.3. The number of thiazole rings is 1. The minimum absolute atomic E-state index is 0.0489. The second-order valence-corrected chi connectivity index (χ2v) is 6.66. The highest BCUT2D eigenvalue weighted by molar-refractivity contribution is 7.15. The number of amides is 1. The summed E-state index contributed by atoms with van der Waals surface area (Å²) >= 11 is 1.56. The van der Waals surface area contributed by atoms with Gasteiger partial charge in [0.15, 0.2) is 5.13 Å². The van der Waals surface area contributed by atoms with Gasteiger partial charge in [-0.1, -0.05) is 0 Å². The van der Waals surface area contributed by atoms with Crippen LogP contribution in [-0.4, -0.2) is 32.3 Å². The SMILES string of the molecule is CC(=O)N1CCCCC1c1ccnc(Nc2ncc(C)s2)n1. The van der Waals surface area contributed by atoms with E-state index in [0.29, 0.717) is 5.95 Å². The van der Waals surface area contributed by atoms with Crippen LogP contribution in [0.15, 0.2) is 18.5 Å². The number of rotatable bonds is 3. The monoisotopic (exact) mass is 317 g/mol. The second kappa shape index (κ2) is 6.39. The molecule has 2 aromatic heterocycles. The lowest BCUT2D eigenvalue weighted by molar-refractivity contribution is -0.132. The first-order chi connectivity index (χ1) is 10.6. The summed E-state index contributed by atoms with van der Waals surface area (Å²) in [6.07, 6.45) is 6.68. The van der Waals surface area contributed by atoms with E-state index in [1.807, 2.05) is 24.1 Å². The Balaban J connectivity index is 1.82. The number of nitrogens with one attached hydrogen (secondary N) is 1. The van der Waals surface area contributed by atoms with Gasteiger partial charge in [0, 0.05) is 30.7 Å². The molecule has 116 valence electrons. The van der Waals surface area contributed by atoms with Crippen LogP contribution in [0.5, 0.6) is 0 Å². The van der Waals surface area contributed by atoms with E-state index >= 15 is 0 Å². The van der Waals surface area contributed by atoms with Crippen molar-refractivity contribution in [2.45, 2.75) is 39.2 Å². The summed E-state index contributed by atoms with van der Waals surface area (Å²) in [6.45, 7) is 4.43. The molecule has 1 unspecified atom stereocenters. The molecule has 22 heavy (non-hydrogen) atoms. The van der Waals surface area contributed by atoms with Crippen LogP contribution in [0, 0.1) is 6.92 Å². The zero-order valence-corrected chi connectivity index (χ0v) is 13.6. The molecule has 1 saturated heterocycles. The van der Waals surface area contributed by atoms with E-state index in [2.05, 4.69) is 20.3 Å². The molecule has 0 aliphatic carbocycles. The minimum atomic E-state index is 0.0489. The van der Waals surface area contributed by atoms with Crippen molar-refractivity contribution in [1.82, 2.24) is 19.9 Å². The molecule has 2 aromatic rings. The molecule has 1 aliphatic rings. The molecule has 0 aromatic carbocycles. The molecule has 1 aliphatic heterocycles. The third kappa shape index (κ3) is 3.24. The lowest BCUT2D eigenvalue weighted by Gasteiger charge is -2.34. The number of piperidine rings is 1. The van der Waals surface area contributed by atoms with Gasteiger partial charge in [0.25, 0.3) is 0 Å². The van der Waals surface area contributed by atoms with Gasteiger partial charge in [-0.15, -0.1) is 11.3 Å². The number of anilines is 2. The lowest BCUT2D eigenvalue weighted by Crippen LogP contribution is -2.37. The Morgan fingerprint density at radius 2 is 2.27 bits per heavy atom. The smallest absolute Gasteiger partial charge is 0.229 e. The molecule has 3 heterocycles. The van der Waals surface area contributed by atoms with E-state index in [4.69, 9.17) is 0 Å². The van der Waals surface area contributed by atoms with Gasteiger partial charge in [0.2, 0.25) is 11.9 Å². The molecule has 0 saturated carbocycles. The average Bonchev–Trinajstić information content (AvgIpc) is 2.92. The van der Waals surface area contributed by atoms with Crippen molar-refractivity contribution in [2.75, 3.05) is 11.9 Å². The van der Waals surface area contributed by atoms with Crippen LogP contribution in [0.2, 0.25) is 0 Å². The van der Waals surface area contributed by atoms with Gasteiger partial charge in [0.05, 0.1) is 11.7 Å². The maximum atomic E-state index is 11.8.